The molecule has 4 rings (SSSR count). The average Bonchev–Trinajstić information content (AvgIpc) is 3.13. The summed E-state index contributed by atoms with van der Waals surface area (Å²) in [5, 5.41) is 8.91. The first-order chi connectivity index (χ1) is 17.4. The number of amides is 2. The molecule has 0 radical (unpaired) electrons. The van der Waals surface area contributed by atoms with E-state index in [4.69, 9.17) is 9.47 Å². The Hall–Kier alpha value is -3.61. The zero-order valence-corrected chi connectivity index (χ0v) is 21.6. The smallest absolute Gasteiger partial charge is 0.293 e. The molecule has 2 amide bonds. The standard InChI is InChI=1S/C27H20BrFN2O4S/c1-2-34-23-11-20(22(28)13-24(23)35-16-17-7-9-21(29)10-8-17)12-25-26(32)31(27(33)36-25)15-19-6-4-3-5-18(19)14-30/h3-13H,2,15-16H2,1H3/b25-12+. The van der Waals surface area contributed by atoms with Gasteiger partial charge in [-0.1, -0.05) is 46.3 Å². The van der Waals surface area contributed by atoms with Crippen molar-refractivity contribution in [3.05, 3.63) is 98.1 Å². The SMILES string of the molecule is CCOc1cc(/C=C2/SC(=O)N(Cc3ccccc3C#N)C2=O)c(Br)cc1OCc1ccc(F)cc1. The first-order valence-corrected chi connectivity index (χ1v) is 12.6. The lowest BCUT2D eigenvalue weighted by Crippen LogP contribution is -2.27. The lowest BCUT2D eigenvalue weighted by Gasteiger charge is -2.14. The predicted molar refractivity (Wildman–Crippen MR) is 139 cm³/mol. The molecule has 0 atom stereocenters. The lowest BCUT2D eigenvalue weighted by molar-refractivity contribution is -0.123. The van der Waals surface area contributed by atoms with Crippen molar-refractivity contribution in [2.45, 2.75) is 20.1 Å². The molecule has 182 valence electrons. The molecule has 6 nitrogen and oxygen atoms in total. The zero-order valence-electron chi connectivity index (χ0n) is 19.2. The third kappa shape index (κ3) is 5.78. The normalized spacial score (nSPS) is 14.3. The van der Waals surface area contributed by atoms with E-state index < -0.39 is 11.1 Å². The van der Waals surface area contributed by atoms with E-state index >= 15 is 0 Å². The van der Waals surface area contributed by atoms with Crippen LogP contribution < -0.4 is 9.47 Å². The van der Waals surface area contributed by atoms with Gasteiger partial charge >= 0.3 is 0 Å². The molecule has 9 heteroatoms. The Morgan fingerprint density at radius 2 is 1.81 bits per heavy atom. The number of nitrogens with zero attached hydrogens (tertiary/aromatic N) is 2. The molecule has 0 aliphatic carbocycles. The Morgan fingerprint density at radius 1 is 1.08 bits per heavy atom. The average molecular weight is 567 g/mol. The molecule has 3 aromatic carbocycles. The van der Waals surface area contributed by atoms with Crippen LogP contribution in [0.4, 0.5) is 9.18 Å². The van der Waals surface area contributed by atoms with Crippen LogP contribution in [0.1, 0.15) is 29.2 Å². The summed E-state index contributed by atoms with van der Waals surface area (Å²) in [5.41, 5.74) is 2.45. The fraction of sp³-hybridized carbons (Fsp3) is 0.148. The monoisotopic (exact) mass is 566 g/mol. The molecular weight excluding hydrogens is 547 g/mol. The van der Waals surface area contributed by atoms with Crippen molar-refractivity contribution in [3.63, 3.8) is 0 Å². The number of hydrogen-bond donors (Lipinski definition) is 0. The maximum absolute atomic E-state index is 13.2. The van der Waals surface area contributed by atoms with E-state index in [-0.39, 0.29) is 23.9 Å². The molecule has 1 aliphatic heterocycles. The molecule has 1 aliphatic rings. The van der Waals surface area contributed by atoms with E-state index in [1.165, 1.54) is 12.1 Å². The van der Waals surface area contributed by atoms with Crippen LogP contribution in [-0.2, 0) is 17.9 Å². The first-order valence-electron chi connectivity index (χ1n) is 11.0. The number of carbonyl (C=O) groups is 2. The number of ether oxygens (including phenoxy) is 2. The van der Waals surface area contributed by atoms with Gasteiger partial charge in [-0.2, -0.15) is 5.26 Å². The van der Waals surface area contributed by atoms with Crippen LogP contribution in [0.25, 0.3) is 6.08 Å². The topological polar surface area (TPSA) is 79.6 Å². The molecule has 3 aromatic rings. The van der Waals surface area contributed by atoms with E-state index in [2.05, 4.69) is 22.0 Å². The number of carbonyl (C=O) groups excluding carboxylic acids is 2. The number of imide groups is 1. The van der Waals surface area contributed by atoms with Gasteiger partial charge in [0, 0.05) is 4.47 Å². The molecule has 1 saturated heterocycles. The maximum atomic E-state index is 13.2. The summed E-state index contributed by atoms with van der Waals surface area (Å²) in [7, 11) is 0. The number of halogens is 2. The molecule has 1 fully saturated rings. The number of hydrogen-bond acceptors (Lipinski definition) is 6. The van der Waals surface area contributed by atoms with Crippen LogP contribution in [0.3, 0.4) is 0 Å². The number of rotatable bonds is 8. The minimum atomic E-state index is -0.431. The third-order valence-corrected chi connectivity index (χ3v) is 6.89. The summed E-state index contributed by atoms with van der Waals surface area (Å²) in [6.07, 6.45) is 1.62. The summed E-state index contributed by atoms with van der Waals surface area (Å²) >= 11 is 4.36. The molecular formula is C27H20BrFN2O4S. The Kier molecular flexibility index (Phi) is 8.08. The Bertz CT molecular complexity index is 1390. The number of thioether (sulfide) groups is 1. The van der Waals surface area contributed by atoms with Crippen LogP contribution in [0.2, 0.25) is 0 Å². The fourth-order valence-corrected chi connectivity index (χ4v) is 4.77. The van der Waals surface area contributed by atoms with Crippen LogP contribution in [-0.4, -0.2) is 22.7 Å². The van der Waals surface area contributed by atoms with Gasteiger partial charge < -0.3 is 9.47 Å². The molecule has 0 unspecified atom stereocenters. The van der Waals surface area contributed by atoms with Gasteiger partial charge in [-0.15, -0.1) is 0 Å². The molecule has 0 bridgehead atoms. The van der Waals surface area contributed by atoms with Gasteiger partial charge in [0.05, 0.1) is 29.7 Å². The van der Waals surface area contributed by atoms with Crippen LogP contribution in [0, 0.1) is 17.1 Å². The minimum Gasteiger partial charge on any atom is -0.490 e. The number of nitriles is 1. The van der Waals surface area contributed by atoms with Crippen LogP contribution in [0.15, 0.2) is 70.0 Å². The zero-order chi connectivity index (χ0) is 25.7. The van der Waals surface area contributed by atoms with E-state index in [1.54, 1.807) is 54.6 Å². The van der Waals surface area contributed by atoms with E-state index in [0.717, 1.165) is 22.2 Å². The molecule has 0 saturated carbocycles. The highest BCUT2D eigenvalue weighted by Crippen LogP contribution is 2.39. The fourth-order valence-electron chi connectivity index (χ4n) is 3.50. The summed E-state index contributed by atoms with van der Waals surface area (Å²) in [4.78, 5) is 27.0. The lowest BCUT2D eigenvalue weighted by atomic mass is 10.1. The van der Waals surface area contributed by atoms with Crippen molar-refractivity contribution < 1.29 is 23.5 Å². The highest BCUT2D eigenvalue weighted by molar-refractivity contribution is 9.10. The van der Waals surface area contributed by atoms with Crippen molar-refractivity contribution in [2.75, 3.05) is 6.61 Å². The van der Waals surface area contributed by atoms with Crippen molar-refractivity contribution in [1.29, 1.82) is 5.26 Å². The molecule has 0 N–H and O–H groups in total. The second-order valence-corrected chi connectivity index (χ2v) is 9.55. The number of benzene rings is 3. The second kappa shape index (κ2) is 11.4. The summed E-state index contributed by atoms with van der Waals surface area (Å²) < 4.78 is 25.5. The molecule has 36 heavy (non-hydrogen) atoms. The quantitative estimate of drug-likeness (QED) is 0.283. The summed E-state index contributed by atoms with van der Waals surface area (Å²) in [6, 6.07) is 18.4. The first kappa shape index (κ1) is 25.5. The van der Waals surface area contributed by atoms with Crippen LogP contribution in [0.5, 0.6) is 11.5 Å². The van der Waals surface area contributed by atoms with Crippen LogP contribution >= 0.6 is 27.7 Å². The van der Waals surface area contributed by atoms with E-state index in [1.807, 2.05) is 6.92 Å². The van der Waals surface area contributed by atoms with E-state index in [0.29, 0.717) is 39.3 Å². The third-order valence-electron chi connectivity index (χ3n) is 5.30. The minimum absolute atomic E-state index is 0.0211. The molecule has 1 heterocycles. The van der Waals surface area contributed by atoms with Crippen molar-refractivity contribution >= 4 is 44.9 Å². The highest BCUT2D eigenvalue weighted by atomic mass is 79.9. The largest absolute Gasteiger partial charge is 0.490 e. The Morgan fingerprint density at radius 3 is 2.53 bits per heavy atom. The predicted octanol–water partition coefficient (Wildman–Crippen LogP) is 6.67. The van der Waals surface area contributed by atoms with Gasteiger partial charge in [0.1, 0.15) is 12.4 Å². The molecule has 0 spiro atoms. The second-order valence-electron chi connectivity index (χ2n) is 7.71. The summed E-state index contributed by atoms with van der Waals surface area (Å²) in [5.74, 6) is 0.196. The Labute approximate surface area is 220 Å². The van der Waals surface area contributed by atoms with Gasteiger partial charge in [0.2, 0.25) is 0 Å². The highest BCUT2D eigenvalue weighted by Gasteiger charge is 2.35. The van der Waals surface area contributed by atoms with E-state index in [9.17, 15) is 19.2 Å². The van der Waals surface area contributed by atoms with Crippen molar-refractivity contribution in [3.8, 4) is 17.6 Å². The van der Waals surface area contributed by atoms with Gasteiger partial charge in [-0.05, 0) is 71.8 Å². The summed E-state index contributed by atoms with van der Waals surface area (Å²) in [6.45, 7) is 2.47. The van der Waals surface area contributed by atoms with Crippen molar-refractivity contribution in [1.82, 2.24) is 4.90 Å². The van der Waals surface area contributed by atoms with Gasteiger partial charge in [-0.3, -0.25) is 14.5 Å². The van der Waals surface area contributed by atoms with Gasteiger partial charge in [0.15, 0.2) is 11.5 Å². The van der Waals surface area contributed by atoms with Crippen molar-refractivity contribution in [2.24, 2.45) is 0 Å². The Balaban J connectivity index is 1.56. The molecule has 0 aromatic heterocycles. The van der Waals surface area contributed by atoms with Gasteiger partial charge in [-0.25, -0.2) is 4.39 Å². The maximum Gasteiger partial charge on any atom is 0.293 e. The van der Waals surface area contributed by atoms with Gasteiger partial charge in [0.25, 0.3) is 11.1 Å².